The maximum Gasteiger partial charge on any atom is 0.349 e. The molecule has 1 fully saturated rings. The zero-order chi connectivity index (χ0) is 24.2. The number of thiophene rings is 1. The molecule has 2 aromatic carbocycles. The average molecular weight is 492 g/mol. The highest BCUT2D eigenvalue weighted by Gasteiger charge is 2.25. The number of ether oxygens (including phenoxy) is 3. The van der Waals surface area contributed by atoms with Crippen LogP contribution in [0.1, 0.15) is 28.6 Å². The van der Waals surface area contributed by atoms with Crippen LogP contribution in [0.5, 0.6) is 5.75 Å². The summed E-state index contributed by atoms with van der Waals surface area (Å²) in [6.45, 7) is 4.60. The zero-order valence-corrected chi connectivity index (χ0v) is 20.3. The van der Waals surface area contributed by atoms with E-state index >= 15 is 0 Å². The van der Waals surface area contributed by atoms with Crippen molar-refractivity contribution in [2.24, 2.45) is 0 Å². The van der Waals surface area contributed by atoms with E-state index in [-0.39, 0.29) is 5.89 Å². The monoisotopic (exact) mass is 491 g/mol. The molecule has 0 radical (unpaired) electrons. The first-order chi connectivity index (χ1) is 17.1. The second-order valence-electron chi connectivity index (χ2n) is 8.02. The molecule has 180 valence electrons. The number of benzene rings is 2. The molecule has 5 rings (SSSR count). The molecule has 0 aliphatic carbocycles. The topological polar surface area (TPSA) is 86.9 Å². The van der Waals surface area contributed by atoms with Gasteiger partial charge in [-0.05, 0) is 42.8 Å². The van der Waals surface area contributed by atoms with Gasteiger partial charge in [-0.25, -0.2) is 4.79 Å². The Morgan fingerprint density at radius 3 is 2.49 bits per heavy atom. The van der Waals surface area contributed by atoms with Crippen LogP contribution in [0.4, 0.5) is 5.00 Å². The standard InChI is InChI=1S/C26H25N3O5S/c1-17(23-27-28-24(34-23)19-8-10-20(31-2)11-9-19)33-26(30)22-16-21(18-6-4-3-5-7-18)25(35-22)29-12-14-32-15-13-29/h3-11,16-17H,12-15H2,1-2H3. The van der Waals surface area contributed by atoms with Crippen LogP contribution in [0.25, 0.3) is 22.6 Å². The molecule has 35 heavy (non-hydrogen) atoms. The highest BCUT2D eigenvalue weighted by molar-refractivity contribution is 7.18. The number of aromatic nitrogens is 2. The number of carbonyl (C=O) groups is 1. The number of carbonyl (C=O) groups excluding carboxylic acids is 1. The molecule has 0 N–H and O–H groups in total. The number of anilines is 1. The predicted octanol–water partition coefficient (Wildman–Crippen LogP) is 5.23. The molecule has 2 aromatic heterocycles. The van der Waals surface area contributed by atoms with Crippen LogP contribution in [-0.2, 0) is 9.47 Å². The van der Waals surface area contributed by atoms with E-state index in [9.17, 15) is 4.79 Å². The van der Waals surface area contributed by atoms with Crippen molar-refractivity contribution < 1.29 is 23.4 Å². The molecule has 1 aliphatic rings. The molecule has 1 atom stereocenters. The molecule has 1 aliphatic heterocycles. The fourth-order valence-electron chi connectivity index (χ4n) is 3.83. The summed E-state index contributed by atoms with van der Waals surface area (Å²) < 4.78 is 22.2. The molecule has 8 nitrogen and oxygen atoms in total. The Morgan fingerprint density at radius 1 is 1.03 bits per heavy atom. The summed E-state index contributed by atoms with van der Waals surface area (Å²) in [5, 5.41) is 9.22. The van der Waals surface area contributed by atoms with Crippen molar-refractivity contribution in [1.29, 1.82) is 0 Å². The van der Waals surface area contributed by atoms with Gasteiger partial charge in [-0.3, -0.25) is 0 Å². The molecule has 1 unspecified atom stereocenters. The first-order valence-corrected chi connectivity index (χ1v) is 12.1. The van der Waals surface area contributed by atoms with E-state index in [0.717, 1.165) is 40.5 Å². The van der Waals surface area contributed by atoms with E-state index < -0.39 is 12.1 Å². The van der Waals surface area contributed by atoms with Crippen LogP contribution in [0.3, 0.4) is 0 Å². The highest BCUT2D eigenvalue weighted by Crippen LogP contribution is 2.40. The van der Waals surface area contributed by atoms with Gasteiger partial charge in [0.2, 0.25) is 5.89 Å². The molecule has 0 spiro atoms. The summed E-state index contributed by atoms with van der Waals surface area (Å²) in [5.74, 6) is 0.890. The Hall–Kier alpha value is -3.69. The number of esters is 1. The Balaban J connectivity index is 1.35. The molecular weight excluding hydrogens is 466 g/mol. The minimum absolute atomic E-state index is 0.234. The maximum atomic E-state index is 13.1. The summed E-state index contributed by atoms with van der Waals surface area (Å²) in [7, 11) is 1.61. The van der Waals surface area contributed by atoms with Crippen molar-refractivity contribution in [1.82, 2.24) is 10.2 Å². The third-order valence-electron chi connectivity index (χ3n) is 5.71. The second kappa shape index (κ2) is 10.3. The van der Waals surface area contributed by atoms with E-state index in [4.69, 9.17) is 18.6 Å². The number of morpholine rings is 1. The largest absolute Gasteiger partial charge is 0.497 e. The van der Waals surface area contributed by atoms with Gasteiger partial charge < -0.3 is 23.5 Å². The molecule has 0 bridgehead atoms. The van der Waals surface area contributed by atoms with Crippen molar-refractivity contribution >= 4 is 22.3 Å². The maximum absolute atomic E-state index is 13.1. The Morgan fingerprint density at radius 2 is 1.77 bits per heavy atom. The lowest BCUT2D eigenvalue weighted by atomic mass is 10.1. The summed E-state index contributed by atoms with van der Waals surface area (Å²) in [4.78, 5) is 15.9. The fraction of sp³-hybridized carbons (Fsp3) is 0.269. The van der Waals surface area contributed by atoms with Gasteiger partial charge >= 0.3 is 5.97 Å². The second-order valence-corrected chi connectivity index (χ2v) is 9.05. The van der Waals surface area contributed by atoms with E-state index in [2.05, 4.69) is 15.1 Å². The normalized spacial score (nSPS) is 14.5. The average Bonchev–Trinajstić information content (AvgIpc) is 3.58. The molecule has 0 amide bonds. The highest BCUT2D eigenvalue weighted by atomic mass is 32.1. The van der Waals surface area contributed by atoms with E-state index in [1.165, 1.54) is 11.3 Å². The minimum Gasteiger partial charge on any atom is -0.497 e. The minimum atomic E-state index is -0.698. The summed E-state index contributed by atoms with van der Waals surface area (Å²) in [6.07, 6.45) is -0.698. The molecule has 0 saturated carbocycles. The fourth-order valence-corrected chi connectivity index (χ4v) is 4.94. The van der Waals surface area contributed by atoms with Gasteiger partial charge in [0, 0.05) is 24.2 Å². The van der Waals surface area contributed by atoms with Gasteiger partial charge in [0.1, 0.15) is 10.6 Å². The summed E-state index contributed by atoms with van der Waals surface area (Å²) >= 11 is 1.43. The predicted molar refractivity (Wildman–Crippen MR) is 133 cm³/mol. The lowest BCUT2D eigenvalue weighted by Gasteiger charge is -2.28. The van der Waals surface area contributed by atoms with Crippen molar-refractivity contribution in [3.63, 3.8) is 0 Å². The van der Waals surface area contributed by atoms with Crippen molar-refractivity contribution in [2.75, 3.05) is 38.3 Å². The van der Waals surface area contributed by atoms with Crippen LogP contribution in [0.15, 0.2) is 65.1 Å². The Bertz CT molecular complexity index is 1280. The van der Waals surface area contributed by atoms with Crippen molar-refractivity contribution in [3.05, 3.63) is 71.4 Å². The molecule has 4 aromatic rings. The molecule has 3 heterocycles. The summed E-state index contributed by atoms with van der Waals surface area (Å²) in [5.41, 5.74) is 2.82. The first kappa shape index (κ1) is 23.1. The third-order valence-corrected chi connectivity index (χ3v) is 6.88. The summed E-state index contributed by atoms with van der Waals surface area (Å²) in [6, 6.07) is 19.2. The molecule has 9 heteroatoms. The van der Waals surface area contributed by atoms with Gasteiger partial charge in [0.05, 0.1) is 25.3 Å². The Labute approximate surface area is 207 Å². The zero-order valence-electron chi connectivity index (χ0n) is 19.5. The van der Waals surface area contributed by atoms with Gasteiger partial charge in [-0.15, -0.1) is 21.5 Å². The van der Waals surface area contributed by atoms with Gasteiger partial charge in [-0.2, -0.15) is 0 Å². The first-order valence-electron chi connectivity index (χ1n) is 11.3. The quantitative estimate of drug-likeness (QED) is 0.325. The SMILES string of the molecule is COc1ccc(-c2nnc(C(C)OC(=O)c3cc(-c4ccccc4)c(N4CCOCC4)s3)o2)cc1. The molecular formula is C26H25N3O5S. The lowest BCUT2D eigenvalue weighted by molar-refractivity contribution is 0.0285. The number of hydrogen-bond donors (Lipinski definition) is 0. The molecule has 1 saturated heterocycles. The van der Waals surface area contributed by atoms with E-state index in [1.807, 2.05) is 60.7 Å². The van der Waals surface area contributed by atoms with Crippen molar-refractivity contribution in [3.8, 4) is 28.3 Å². The van der Waals surface area contributed by atoms with Gasteiger partial charge in [0.25, 0.3) is 5.89 Å². The number of nitrogens with zero attached hydrogens (tertiary/aromatic N) is 3. The lowest BCUT2D eigenvalue weighted by Crippen LogP contribution is -2.35. The van der Waals surface area contributed by atoms with Crippen LogP contribution in [0.2, 0.25) is 0 Å². The third kappa shape index (κ3) is 5.06. The van der Waals surface area contributed by atoms with E-state index in [1.54, 1.807) is 14.0 Å². The van der Waals surface area contributed by atoms with Crippen LogP contribution >= 0.6 is 11.3 Å². The van der Waals surface area contributed by atoms with Gasteiger partial charge in [0.15, 0.2) is 6.10 Å². The van der Waals surface area contributed by atoms with Crippen molar-refractivity contribution in [2.45, 2.75) is 13.0 Å². The Kier molecular flexibility index (Phi) is 6.78. The number of hydrogen-bond acceptors (Lipinski definition) is 9. The van der Waals surface area contributed by atoms with Crippen LogP contribution in [0, 0.1) is 0 Å². The number of rotatable bonds is 7. The number of methoxy groups -OCH3 is 1. The van der Waals surface area contributed by atoms with Gasteiger partial charge in [-0.1, -0.05) is 30.3 Å². The van der Waals surface area contributed by atoms with Crippen LogP contribution < -0.4 is 9.64 Å². The smallest absolute Gasteiger partial charge is 0.349 e. The van der Waals surface area contributed by atoms with E-state index in [0.29, 0.717) is 24.0 Å². The van der Waals surface area contributed by atoms with Crippen LogP contribution in [-0.4, -0.2) is 49.6 Å².